The first-order chi connectivity index (χ1) is 7.97. The molecule has 0 saturated carbocycles. The van der Waals surface area contributed by atoms with Crippen LogP contribution in [0.2, 0.25) is 0 Å². The second-order valence-electron chi connectivity index (χ2n) is 3.73. The molecule has 1 aromatic rings. The molecule has 0 aliphatic heterocycles. The number of carbonyl (C=O) groups excluding carboxylic acids is 1. The Balaban J connectivity index is 2.77. The van der Waals surface area contributed by atoms with Gasteiger partial charge in [-0.1, -0.05) is 0 Å². The van der Waals surface area contributed by atoms with E-state index >= 15 is 0 Å². The van der Waals surface area contributed by atoms with Crippen molar-refractivity contribution in [2.45, 2.75) is 13.0 Å². The number of nitrogens with zero attached hydrogens (tertiary/aromatic N) is 1. The maximum absolute atomic E-state index is 11.9. The lowest BCUT2D eigenvalue weighted by Crippen LogP contribution is -2.37. The van der Waals surface area contributed by atoms with Crippen molar-refractivity contribution >= 4 is 11.9 Å². The predicted molar refractivity (Wildman–Crippen MR) is 59.1 cm³/mol. The Labute approximate surface area is 98.8 Å². The smallest absolute Gasteiger partial charge is 0.338 e. The lowest BCUT2D eigenvalue weighted by Gasteiger charge is -2.23. The fourth-order valence-electron chi connectivity index (χ4n) is 1.29. The standard InChI is InChI=1S/C11H15NO5/c1-7(5-16-3)12(2)10(13)9-4-8(6-17-9)11(14)15/h4,6-7H,5H2,1-3H3,(H,14,15). The van der Waals surface area contributed by atoms with Gasteiger partial charge in [0.25, 0.3) is 5.91 Å². The highest BCUT2D eigenvalue weighted by Gasteiger charge is 2.21. The largest absolute Gasteiger partial charge is 0.478 e. The molecular weight excluding hydrogens is 226 g/mol. The number of furan rings is 1. The second-order valence-corrected chi connectivity index (χ2v) is 3.73. The third-order valence-electron chi connectivity index (χ3n) is 2.45. The zero-order valence-electron chi connectivity index (χ0n) is 9.97. The van der Waals surface area contributed by atoms with Crippen LogP contribution in [0.25, 0.3) is 0 Å². The first-order valence-corrected chi connectivity index (χ1v) is 5.05. The average molecular weight is 241 g/mol. The summed E-state index contributed by atoms with van der Waals surface area (Å²) in [4.78, 5) is 24.0. The Bertz CT molecular complexity index is 412. The van der Waals surface area contributed by atoms with Gasteiger partial charge in [-0.3, -0.25) is 4.79 Å². The Kier molecular flexibility index (Phi) is 4.28. The molecule has 0 aliphatic carbocycles. The molecule has 0 bridgehead atoms. The number of carboxylic acid groups (broad SMARTS) is 1. The molecule has 0 radical (unpaired) electrons. The highest BCUT2D eigenvalue weighted by molar-refractivity contribution is 5.95. The summed E-state index contributed by atoms with van der Waals surface area (Å²) in [5.41, 5.74) is -0.0406. The van der Waals surface area contributed by atoms with Gasteiger partial charge in [0.1, 0.15) is 6.26 Å². The van der Waals surface area contributed by atoms with Gasteiger partial charge in [0.2, 0.25) is 0 Å². The lowest BCUT2D eigenvalue weighted by atomic mass is 10.2. The zero-order valence-corrected chi connectivity index (χ0v) is 9.97. The minimum absolute atomic E-state index is 0.00727. The first-order valence-electron chi connectivity index (χ1n) is 5.05. The summed E-state index contributed by atoms with van der Waals surface area (Å²) in [6, 6.07) is 1.09. The number of ether oxygens (including phenoxy) is 1. The molecule has 0 aliphatic rings. The summed E-state index contributed by atoms with van der Waals surface area (Å²) >= 11 is 0. The van der Waals surface area contributed by atoms with E-state index in [-0.39, 0.29) is 23.3 Å². The SMILES string of the molecule is COCC(C)N(C)C(=O)c1cc(C(=O)O)co1. The van der Waals surface area contributed by atoms with E-state index in [9.17, 15) is 9.59 Å². The number of amides is 1. The number of hydrogen-bond donors (Lipinski definition) is 1. The number of likely N-dealkylation sites (N-methyl/N-ethyl adjacent to an activating group) is 1. The number of methoxy groups -OCH3 is 1. The molecule has 1 rings (SSSR count). The van der Waals surface area contributed by atoms with E-state index in [2.05, 4.69) is 0 Å². The van der Waals surface area contributed by atoms with Gasteiger partial charge in [0.15, 0.2) is 5.76 Å². The van der Waals surface area contributed by atoms with Crippen LogP contribution >= 0.6 is 0 Å². The van der Waals surface area contributed by atoms with Crippen LogP contribution in [-0.2, 0) is 4.74 Å². The van der Waals surface area contributed by atoms with Crippen LogP contribution in [0.5, 0.6) is 0 Å². The molecule has 6 nitrogen and oxygen atoms in total. The molecule has 1 amide bonds. The maximum atomic E-state index is 11.9. The van der Waals surface area contributed by atoms with Gasteiger partial charge in [-0.2, -0.15) is 0 Å². The Morgan fingerprint density at radius 2 is 2.24 bits per heavy atom. The molecule has 94 valence electrons. The molecule has 1 aromatic heterocycles. The molecule has 1 unspecified atom stereocenters. The molecule has 1 atom stereocenters. The van der Waals surface area contributed by atoms with Gasteiger partial charge in [-0.25, -0.2) is 4.79 Å². The van der Waals surface area contributed by atoms with Gasteiger partial charge >= 0.3 is 5.97 Å². The summed E-state index contributed by atoms with van der Waals surface area (Å²) in [5.74, 6) is -1.49. The Morgan fingerprint density at radius 1 is 1.59 bits per heavy atom. The molecule has 0 fully saturated rings. The van der Waals surface area contributed by atoms with E-state index < -0.39 is 5.97 Å². The maximum Gasteiger partial charge on any atom is 0.338 e. The van der Waals surface area contributed by atoms with Gasteiger partial charge in [0.05, 0.1) is 18.2 Å². The molecular formula is C11H15NO5. The van der Waals surface area contributed by atoms with Crippen LogP contribution in [0, 0.1) is 0 Å². The van der Waals surface area contributed by atoms with E-state index in [1.165, 1.54) is 11.0 Å². The first kappa shape index (κ1) is 13.2. The molecule has 1 N–H and O–H groups in total. The van der Waals surface area contributed by atoms with Crippen molar-refractivity contribution in [3.63, 3.8) is 0 Å². The van der Waals surface area contributed by atoms with Crippen LogP contribution in [0.4, 0.5) is 0 Å². The van der Waals surface area contributed by atoms with Crippen molar-refractivity contribution in [3.05, 3.63) is 23.7 Å². The van der Waals surface area contributed by atoms with Crippen molar-refractivity contribution in [1.29, 1.82) is 0 Å². The van der Waals surface area contributed by atoms with Crippen molar-refractivity contribution in [2.24, 2.45) is 0 Å². The molecule has 0 spiro atoms. The molecule has 0 aromatic carbocycles. The number of rotatable bonds is 5. The van der Waals surface area contributed by atoms with E-state index in [1.807, 2.05) is 6.92 Å². The van der Waals surface area contributed by atoms with Crippen molar-refractivity contribution in [2.75, 3.05) is 20.8 Å². The molecule has 0 saturated heterocycles. The van der Waals surface area contributed by atoms with Gasteiger partial charge in [-0.05, 0) is 6.92 Å². The van der Waals surface area contributed by atoms with Crippen LogP contribution < -0.4 is 0 Å². The zero-order chi connectivity index (χ0) is 13.0. The second kappa shape index (κ2) is 5.49. The van der Waals surface area contributed by atoms with Gasteiger partial charge in [-0.15, -0.1) is 0 Å². The van der Waals surface area contributed by atoms with Crippen molar-refractivity contribution in [3.8, 4) is 0 Å². The van der Waals surface area contributed by atoms with Gasteiger partial charge in [0, 0.05) is 20.2 Å². The van der Waals surface area contributed by atoms with E-state index in [4.69, 9.17) is 14.3 Å². The van der Waals surface area contributed by atoms with Crippen molar-refractivity contribution in [1.82, 2.24) is 4.90 Å². The minimum Gasteiger partial charge on any atom is -0.478 e. The number of hydrogen-bond acceptors (Lipinski definition) is 4. The van der Waals surface area contributed by atoms with Crippen LogP contribution in [0.1, 0.15) is 27.8 Å². The fraction of sp³-hybridized carbons (Fsp3) is 0.455. The summed E-state index contributed by atoms with van der Waals surface area (Å²) < 4.78 is 9.86. The number of carboxylic acids is 1. The van der Waals surface area contributed by atoms with E-state index in [1.54, 1.807) is 14.2 Å². The van der Waals surface area contributed by atoms with Crippen molar-refractivity contribution < 1.29 is 23.8 Å². The third-order valence-corrected chi connectivity index (χ3v) is 2.45. The van der Waals surface area contributed by atoms with Crippen LogP contribution in [-0.4, -0.2) is 48.7 Å². The third kappa shape index (κ3) is 3.07. The summed E-state index contributed by atoms with van der Waals surface area (Å²) in [7, 11) is 3.15. The predicted octanol–water partition coefficient (Wildman–Crippen LogP) is 1.08. The minimum atomic E-state index is -1.12. The number of aromatic carboxylic acids is 1. The molecule has 17 heavy (non-hydrogen) atoms. The Morgan fingerprint density at radius 3 is 2.71 bits per heavy atom. The summed E-state index contributed by atoms with van der Waals surface area (Å²) in [6.45, 7) is 2.22. The summed E-state index contributed by atoms with van der Waals surface area (Å²) in [6.07, 6.45) is 1.05. The lowest BCUT2D eigenvalue weighted by molar-refractivity contribution is 0.0603. The monoisotopic (exact) mass is 241 g/mol. The normalized spacial score (nSPS) is 12.2. The highest BCUT2D eigenvalue weighted by atomic mass is 16.5. The molecule has 6 heteroatoms. The van der Waals surface area contributed by atoms with E-state index in [0.29, 0.717) is 6.61 Å². The Hall–Kier alpha value is -1.82. The average Bonchev–Trinajstić information content (AvgIpc) is 2.76. The quantitative estimate of drug-likeness (QED) is 0.834. The van der Waals surface area contributed by atoms with Crippen LogP contribution in [0.3, 0.4) is 0 Å². The fourth-order valence-corrected chi connectivity index (χ4v) is 1.29. The van der Waals surface area contributed by atoms with E-state index in [0.717, 1.165) is 6.26 Å². The molecule has 1 heterocycles. The topological polar surface area (TPSA) is 80.0 Å². The van der Waals surface area contributed by atoms with Gasteiger partial charge < -0.3 is 19.2 Å². The highest BCUT2D eigenvalue weighted by Crippen LogP contribution is 2.11. The number of carbonyl (C=O) groups is 2. The van der Waals surface area contributed by atoms with Crippen LogP contribution in [0.15, 0.2) is 16.7 Å². The summed E-state index contributed by atoms with van der Waals surface area (Å²) in [5, 5.41) is 8.71.